The Labute approximate surface area is 198 Å². The Kier molecular flexibility index (Phi) is 7.22. The Morgan fingerprint density at radius 3 is 2.18 bits per heavy atom. The highest BCUT2D eigenvalue weighted by Gasteiger charge is 2.51. The van der Waals surface area contributed by atoms with Crippen LogP contribution in [-0.2, 0) is 14.3 Å². The van der Waals surface area contributed by atoms with Crippen molar-refractivity contribution in [2.75, 3.05) is 13.2 Å². The molecule has 0 unspecified atom stereocenters. The third-order valence-corrected chi connectivity index (χ3v) is 7.24. The van der Waals surface area contributed by atoms with Gasteiger partial charge in [-0.2, -0.15) is 0 Å². The molecule has 8 nitrogen and oxygen atoms in total. The molecule has 0 atom stereocenters. The van der Waals surface area contributed by atoms with Crippen LogP contribution in [0.1, 0.15) is 61.7 Å². The molecule has 0 aromatic heterocycles. The number of nitrogens with one attached hydrogen (secondary N) is 3. The summed E-state index contributed by atoms with van der Waals surface area (Å²) in [5, 5.41) is 8.58. The Bertz CT molecular complexity index is 882. The summed E-state index contributed by atoms with van der Waals surface area (Å²) < 4.78 is 4.95. The second-order valence-electron chi connectivity index (χ2n) is 9.73. The number of carbonyl (C=O) groups is 4. The van der Waals surface area contributed by atoms with Crippen molar-refractivity contribution in [2.24, 2.45) is 17.8 Å². The van der Waals surface area contributed by atoms with Crippen molar-refractivity contribution in [2.45, 2.75) is 56.9 Å². The number of hydrogen-bond donors (Lipinski definition) is 3. The predicted molar refractivity (Wildman–Crippen MR) is 122 cm³/mol. The summed E-state index contributed by atoms with van der Waals surface area (Å²) in [6.07, 6.45) is 7.19. The van der Waals surface area contributed by atoms with Crippen LogP contribution >= 0.6 is 11.6 Å². The zero-order valence-electron chi connectivity index (χ0n) is 18.5. The maximum Gasteiger partial charge on any atom is 0.321 e. The van der Waals surface area contributed by atoms with Gasteiger partial charge in [-0.15, -0.1) is 0 Å². The SMILES string of the molecule is O=C(COC(=O)CCCNC(=O)c1ccc(Cl)cc1)NC(=O)NC12CC3CC(CC(C3)C1)C2. The lowest BCUT2D eigenvalue weighted by atomic mass is 9.53. The fourth-order valence-electron chi connectivity index (χ4n) is 6.05. The monoisotopic (exact) mass is 475 g/mol. The molecule has 0 radical (unpaired) electrons. The summed E-state index contributed by atoms with van der Waals surface area (Å²) in [4.78, 5) is 48.2. The molecule has 0 aliphatic heterocycles. The Hall–Kier alpha value is -2.61. The van der Waals surface area contributed by atoms with Crippen LogP contribution in [0.3, 0.4) is 0 Å². The van der Waals surface area contributed by atoms with Gasteiger partial charge in [0.05, 0.1) is 0 Å². The maximum absolute atomic E-state index is 12.4. The molecule has 0 saturated heterocycles. The molecule has 4 amide bonds. The van der Waals surface area contributed by atoms with Crippen molar-refractivity contribution >= 4 is 35.4 Å². The van der Waals surface area contributed by atoms with Crippen LogP contribution in [0.25, 0.3) is 0 Å². The van der Waals surface area contributed by atoms with E-state index in [9.17, 15) is 19.2 Å². The number of amides is 4. The molecule has 1 aromatic carbocycles. The predicted octanol–water partition coefficient (Wildman–Crippen LogP) is 3.19. The van der Waals surface area contributed by atoms with Crippen molar-refractivity contribution < 1.29 is 23.9 Å². The normalized spacial score (nSPS) is 27.0. The van der Waals surface area contributed by atoms with Gasteiger partial charge in [0.2, 0.25) is 0 Å². The molecule has 33 heavy (non-hydrogen) atoms. The second kappa shape index (κ2) is 10.1. The molecule has 0 spiro atoms. The zero-order chi connectivity index (χ0) is 23.4. The number of halogens is 1. The molecule has 9 heteroatoms. The van der Waals surface area contributed by atoms with E-state index < -0.39 is 24.5 Å². The fourth-order valence-corrected chi connectivity index (χ4v) is 6.18. The van der Waals surface area contributed by atoms with Gasteiger partial charge >= 0.3 is 12.0 Å². The number of urea groups is 1. The van der Waals surface area contributed by atoms with Crippen molar-refractivity contribution in [1.82, 2.24) is 16.0 Å². The summed E-state index contributed by atoms with van der Waals surface area (Å²) in [7, 11) is 0. The smallest absolute Gasteiger partial charge is 0.321 e. The van der Waals surface area contributed by atoms with Crippen molar-refractivity contribution in [3.8, 4) is 0 Å². The van der Waals surface area contributed by atoms with Crippen molar-refractivity contribution in [1.29, 1.82) is 0 Å². The zero-order valence-corrected chi connectivity index (χ0v) is 19.3. The standard InChI is InChI=1S/C24H30ClN3O5/c25-19-5-3-18(4-6-19)22(31)26-7-1-2-21(30)33-14-20(29)27-23(32)28-24-11-15-8-16(12-24)10-17(9-15)13-24/h3-6,15-17H,1-2,7-14H2,(H,26,31)(H2,27,28,29,32). The summed E-state index contributed by atoms with van der Waals surface area (Å²) in [5.41, 5.74) is 0.289. The van der Waals surface area contributed by atoms with E-state index in [1.54, 1.807) is 24.3 Å². The van der Waals surface area contributed by atoms with Crippen LogP contribution in [0.15, 0.2) is 24.3 Å². The van der Waals surface area contributed by atoms with Gasteiger partial charge in [-0.3, -0.25) is 19.7 Å². The minimum Gasteiger partial charge on any atom is -0.456 e. The quantitative estimate of drug-likeness (QED) is 0.394. The molecule has 0 heterocycles. The van der Waals surface area contributed by atoms with Gasteiger partial charge < -0.3 is 15.4 Å². The van der Waals surface area contributed by atoms with E-state index in [4.69, 9.17) is 16.3 Å². The van der Waals surface area contributed by atoms with E-state index in [-0.39, 0.29) is 24.4 Å². The summed E-state index contributed by atoms with van der Waals surface area (Å²) in [5.74, 6) is 0.580. The largest absolute Gasteiger partial charge is 0.456 e. The fraction of sp³-hybridized carbons (Fsp3) is 0.583. The number of hydrogen-bond acceptors (Lipinski definition) is 5. The van der Waals surface area contributed by atoms with E-state index in [0.717, 1.165) is 19.3 Å². The molecule has 1 aromatic rings. The van der Waals surface area contributed by atoms with Crippen LogP contribution in [0.4, 0.5) is 4.79 Å². The number of esters is 1. The summed E-state index contributed by atoms with van der Waals surface area (Å²) in [6.45, 7) is -0.222. The Morgan fingerprint density at radius 2 is 1.58 bits per heavy atom. The summed E-state index contributed by atoms with van der Waals surface area (Å²) >= 11 is 5.79. The molecule has 4 aliphatic rings. The highest BCUT2D eigenvalue weighted by Crippen LogP contribution is 2.55. The van der Waals surface area contributed by atoms with E-state index in [0.29, 0.717) is 34.8 Å². The molecule has 178 valence electrons. The number of carbonyl (C=O) groups excluding carboxylic acids is 4. The lowest BCUT2D eigenvalue weighted by Crippen LogP contribution is -2.62. The molecule has 4 fully saturated rings. The number of rotatable bonds is 8. The first-order valence-corrected chi connectivity index (χ1v) is 12.0. The lowest BCUT2D eigenvalue weighted by Gasteiger charge is -2.56. The van der Waals surface area contributed by atoms with Crippen LogP contribution in [-0.4, -0.2) is 42.5 Å². The third kappa shape index (κ3) is 6.25. The molecular weight excluding hydrogens is 446 g/mol. The first kappa shape index (κ1) is 23.5. The average molecular weight is 476 g/mol. The van der Waals surface area contributed by atoms with Crippen LogP contribution in [0.2, 0.25) is 5.02 Å². The van der Waals surface area contributed by atoms with Gasteiger partial charge in [-0.25, -0.2) is 4.79 Å². The van der Waals surface area contributed by atoms with Gasteiger partial charge in [0.1, 0.15) is 0 Å². The second-order valence-corrected chi connectivity index (χ2v) is 10.2. The van der Waals surface area contributed by atoms with Crippen molar-refractivity contribution in [3.05, 3.63) is 34.9 Å². The first-order valence-electron chi connectivity index (χ1n) is 11.6. The van der Waals surface area contributed by atoms with Gasteiger partial charge in [0, 0.05) is 29.1 Å². The van der Waals surface area contributed by atoms with Gasteiger partial charge in [-0.05, 0) is 87.0 Å². The van der Waals surface area contributed by atoms with Gasteiger partial charge in [0.15, 0.2) is 6.61 Å². The highest BCUT2D eigenvalue weighted by atomic mass is 35.5. The molecule has 4 bridgehead atoms. The molecular formula is C24H30ClN3O5. The number of benzene rings is 1. The van der Waals surface area contributed by atoms with Gasteiger partial charge in [-0.1, -0.05) is 11.6 Å². The lowest BCUT2D eigenvalue weighted by molar-refractivity contribution is -0.148. The van der Waals surface area contributed by atoms with E-state index in [1.807, 2.05) is 0 Å². The van der Waals surface area contributed by atoms with Crippen LogP contribution in [0, 0.1) is 17.8 Å². The third-order valence-electron chi connectivity index (χ3n) is 6.98. The number of imide groups is 1. The van der Waals surface area contributed by atoms with Crippen LogP contribution < -0.4 is 16.0 Å². The number of ether oxygens (including phenoxy) is 1. The van der Waals surface area contributed by atoms with E-state index in [2.05, 4.69) is 16.0 Å². The molecule has 5 rings (SSSR count). The van der Waals surface area contributed by atoms with Gasteiger partial charge in [0.25, 0.3) is 11.8 Å². The Balaban J connectivity index is 1.09. The van der Waals surface area contributed by atoms with Crippen molar-refractivity contribution in [3.63, 3.8) is 0 Å². The molecule has 4 aliphatic carbocycles. The molecule has 4 saturated carbocycles. The van der Waals surface area contributed by atoms with E-state index in [1.165, 1.54) is 19.3 Å². The topological polar surface area (TPSA) is 114 Å². The highest BCUT2D eigenvalue weighted by molar-refractivity contribution is 6.30. The minimum absolute atomic E-state index is 0.0493. The Morgan fingerprint density at radius 1 is 0.970 bits per heavy atom. The molecule has 3 N–H and O–H groups in total. The minimum atomic E-state index is -0.651. The maximum atomic E-state index is 12.4. The first-order chi connectivity index (χ1) is 15.8. The van der Waals surface area contributed by atoms with Crippen LogP contribution in [0.5, 0.6) is 0 Å². The van der Waals surface area contributed by atoms with E-state index >= 15 is 0 Å². The summed E-state index contributed by atoms with van der Waals surface area (Å²) in [6, 6.07) is 5.97. The average Bonchev–Trinajstić information content (AvgIpc) is 2.74.